The molecule has 4 heteroatoms. The van der Waals surface area contributed by atoms with Gasteiger partial charge in [0.1, 0.15) is 5.82 Å². The van der Waals surface area contributed by atoms with E-state index >= 15 is 0 Å². The number of rotatable bonds is 3. The van der Waals surface area contributed by atoms with E-state index in [0.29, 0.717) is 11.6 Å². The molecule has 0 bridgehead atoms. The van der Waals surface area contributed by atoms with E-state index < -0.39 is 0 Å². The molecule has 1 unspecified atom stereocenters. The summed E-state index contributed by atoms with van der Waals surface area (Å²) in [6, 6.07) is 7.06. The van der Waals surface area contributed by atoms with Gasteiger partial charge in [0, 0.05) is 19.1 Å². The van der Waals surface area contributed by atoms with Gasteiger partial charge in [-0.25, -0.2) is 4.39 Å². The van der Waals surface area contributed by atoms with Gasteiger partial charge in [-0.2, -0.15) is 0 Å². The van der Waals surface area contributed by atoms with Crippen LogP contribution in [0.3, 0.4) is 0 Å². The zero-order chi connectivity index (χ0) is 14.5. The summed E-state index contributed by atoms with van der Waals surface area (Å²) in [5.41, 5.74) is 0.492. The molecule has 1 aliphatic rings. The van der Waals surface area contributed by atoms with Crippen molar-refractivity contribution in [2.45, 2.75) is 31.7 Å². The SMILES string of the molecule is CN(C)C1CCCN(C(=O)Cc2ccccc2F)CC1. The first kappa shape index (κ1) is 15.0. The minimum absolute atomic E-state index is 0.0366. The highest BCUT2D eigenvalue weighted by Crippen LogP contribution is 2.16. The molecule has 3 nitrogen and oxygen atoms in total. The fraction of sp³-hybridized carbons (Fsp3) is 0.562. The van der Waals surface area contributed by atoms with Gasteiger partial charge in [-0.1, -0.05) is 18.2 Å². The number of amides is 1. The first-order valence-electron chi connectivity index (χ1n) is 7.25. The van der Waals surface area contributed by atoms with Gasteiger partial charge in [-0.05, 0) is 45.0 Å². The van der Waals surface area contributed by atoms with E-state index in [1.165, 1.54) is 6.07 Å². The van der Waals surface area contributed by atoms with Crippen LogP contribution in [0.1, 0.15) is 24.8 Å². The largest absolute Gasteiger partial charge is 0.342 e. The topological polar surface area (TPSA) is 23.6 Å². The molecule has 0 saturated carbocycles. The van der Waals surface area contributed by atoms with Crippen molar-refractivity contribution in [3.63, 3.8) is 0 Å². The van der Waals surface area contributed by atoms with Crippen molar-refractivity contribution in [3.8, 4) is 0 Å². The van der Waals surface area contributed by atoms with Crippen LogP contribution in [-0.4, -0.2) is 48.9 Å². The monoisotopic (exact) mass is 278 g/mol. The number of hydrogen-bond acceptors (Lipinski definition) is 2. The maximum absolute atomic E-state index is 13.6. The Kier molecular flexibility index (Phi) is 5.12. The number of carbonyl (C=O) groups excluding carboxylic acids is 1. The van der Waals surface area contributed by atoms with E-state index in [2.05, 4.69) is 19.0 Å². The molecule has 1 amide bonds. The molecule has 1 fully saturated rings. The highest BCUT2D eigenvalue weighted by molar-refractivity contribution is 5.78. The number of carbonyl (C=O) groups is 1. The molecule has 1 atom stereocenters. The summed E-state index contributed by atoms with van der Waals surface area (Å²) in [4.78, 5) is 16.4. The summed E-state index contributed by atoms with van der Waals surface area (Å²) in [5, 5.41) is 0. The van der Waals surface area contributed by atoms with Crippen LogP contribution in [0.2, 0.25) is 0 Å². The lowest BCUT2D eigenvalue weighted by Gasteiger charge is -2.23. The van der Waals surface area contributed by atoms with Crippen molar-refractivity contribution in [2.24, 2.45) is 0 Å². The van der Waals surface area contributed by atoms with Crippen molar-refractivity contribution in [1.82, 2.24) is 9.80 Å². The molecule has 1 aliphatic heterocycles. The second kappa shape index (κ2) is 6.84. The Bertz CT molecular complexity index is 462. The predicted octanol–water partition coefficient (Wildman–Crippen LogP) is 2.31. The highest BCUT2D eigenvalue weighted by Gasteiger charge is 2.22. The van der Waals surface area contributed by atoms with Crippen molar-refractivity contribution in [3.05, 3.63) is 35.6 Å². The standard InChI is InChI=1S/C16H23FN2O/c1-18(2)14-7-5-10-19(11-9-14)16(20)12-13-6-3-4-8-15(13)17/h3-4,6,8,14H,5,7,9-12H2,1-2H3. The van der Waals surface area contributed by atoms with Crippen LogP contribution in [-0.2, 0) is 11.2 Å². The fourth-order valence-corrected chi connectivity index (χ4v) is 2.76. The third-order valence-electron chi connectivity index (χ3n) is 4.08. The van der Waals surface area contributed by atoms with Crippen LogP contribution in [0.5, 0.6) is 0 Å². The molecular formula is C16H23FN2O. The molecule has 0 N–H and O–H groups in total. The molecule has 1 heterocycles. The van der Waals surface area contributed by atoms with Crippen molar-refractivity contribution >= 4 is 5.91 Å². The van der Waals surface area contributed by atoms with Gasteiger partial charge in [0.2, 0.25) is 5.91 Å². The first-order chi connectivity index (χ1) is 9.58. The predicted molar refractivity (Wildman–Crippen MR) is 78.0 cm³/mol. The third kappa shape index (κ3) is 3.79. The van der Waals surface area contributed by atoms with E-state index in [1.807, 2.05) is 4.90 Å². The van der Waals surface area contributed by atoms with E-state index in [9.17, 15) is 9.18 Å². The Morgan fingerprint density at radius 3 is 2.75 bits per heavy atom. The van der Waals surface area contributed by atoms with Gasteiger partial charge in [0.25, 0.3) is 0 Å². The Morgan fingerprint density at radius 2 is 2.05 bits per heavy atom. The molecule has 1 saturated heterocycles. The van der Waals surface area contributed by atoms with Gasteiger partial charge in [0.05, 0.1) is 6.42 Å². The average molecular weight is 278 g/mol. The molecule has 2 rings (SSSR count). The quantitative estimate of drug-likeness (QED) is 0.847. The summed E-state index contributed by atoms with van der Waals surface area (Å²) in [6.07, 6.45) is 3.30. The van der Waals surface area contributed by atoms with Crippen LogP contribution in [0.25, 0.3) is 0 Å². The summed E-state index contributed by atoms with van der Waals surface area (Å²) in [5.74, 6) is -0.253. The van der Waals surface area contributed by atoms with E-state index in [1.54, 1.807) is 18.2 Å². The average Bonchev–Trinajstić information content (AvgIpc) is 2.67. The van der Waals surface area contributed by atoms with Crippen molar-refractivity contribution in [2.75, 3.05) is 27.2 Å². The Morgan fingerprint density at radius 1 is 1.30 bits per heavy atom. The second-order valence-electron chi connectivity index (χ2n) is 5.70. The number of nitrogens with zero attached hydrogens (tertiary/aromatic N) is 2. The molecule has 1 aromatic carbocycles. The van der Waals surface area contributed by atoms with Gasteiger partial charge in [-0.15, -0.1) is 0 Å². The maximum atomic E-state index is 13.6. The number of benzene rings is 1. The van der Waals surface area contributed by atoms with Crippen molar-refractivity contribution in [1.29, 1.82) is 0 Å². The summed E-state index contributed by atoms with van der Waals surface area (Å²) in [6.45, 7) is 1.56. The number of halogens is 1. The van der Waals surface area contributed by atoms with E-state index in [0.717, 1.165) is 32.4 Å². The van der Waals surface area contributed by atoms with E-state index in [4.69, 9.17) is 0 Å². The Balaban J connectivity index is 1.94. The normalized spacial score (nSPS) is 20.0. The lowest BCUT2D eigenvalue weighted by molar-refractivity contribution is -0.130. The molecule has 0 spiro atoms. The molecule has 1 aromatic rings. The van der Waals surface area contributed by atoms with Crippen LogP contribution >= 0.6 is 0 Å². The number of likely N-dealkylation sites (tertiary alicyclic amines) is 1. The van der Waals surface area contributed by atoms with Crippen molar-refractivity contribution < 1.29 is 9.18 Å². The Hall–Kier alpha value is -1.42. The van der Waals surface area contributed by atoms with Gasteiger partial charge < -0.3 is 9.80 Å². The zero-order valence-electron chi connectivity index (χ0n) is 12.3. The molecule has 110 valence electrons. The fourth-order valence-electron chi connectivity index (χ4n) is 2.76. The summed E-state index contributed by atoms with van der Waals surface area (Å²) < 4.78 is 13.6. The third-order valence-corrected chi connectivity index (χ3v) is 4.08. The molecule has 0 aliphatic carbocycles. The first-order valence-corrected chi connectivity index (χ1v) is 7.25. The van der Waals surface area contributed by atoms with E-state index in [-0.39, 0.29) is 18.1 Å². The lowest BCUT2D eigenvalue weighted by atomic mass is 10.1. The molecule has 20 heavy (non-hydrogen) atoms. The molecular weight excluding hydrogens is 255 g/mol. The number of hydrogen-bond donors (Lipinski definition) is 0. The Labute approximate surface area is 120 Å². The zero-order valence-corrected chi connectivity index (χ0v) is 12.3. The maximum Gasteiger partial charge on any atom is 0.227 e. The van der Waals surface area contributed by atoms with Gasteiger partial charge in [-0.3, -0.25) is 4.79 Å². The van der Waals surface area contributed by atoms with Crippen LogP contribution < -0.4 is 0 Å². The minimum atomic E-state index is -0.290. The van der Waals surface area contributed by atoms with Crippen LogP contribution in [0.15, 0.2) is 24.3 Å². The second-order valence-corrected chi connectivity index (χ2v) is 5.70. The van der Waals surface area contributed by atoms with Crippen LogP contribution in [0, 0.1) is 5.82 Å². The minimum Gasteiger partial charge on any atom is -0.342 e. The summed E-state index contributed by atoms with van der Waals surface area (Å²) in [7, 11) is 4.17. The molecule has 0 radical (unpaired) electrons. The lowest BCUT2D eigenvalue weighted by Crippen LogP contribution is -2.34. The summed E-state index contributed by atoms with van der Waals surface area (Å²) >= 11 is 0. The molecule has 0 aromatic heterocycles. The van der Waals surface area contributed by atoms with Gasteiger partial charge >= 0.3 is 0 Å². The van der Waals surface area contributed by atoms with Gasteiger partial charge in [0.15, 0.2) is 0 Å². The highest BCUT2D eigenvalue weighted by atomic mass is 19.1. The van der Waals surface area contributed by atoms with Crippen LogP contribution in [0.4, 0.5) is 4.39 Å². The smallest absolute Gasteiger partial charge is 0.227 e.